The van der Waals surface area contributed by atoms with E-state index in [2.05, 4.69) is 15.3 Å². The first-order valence-corrected chi connectivity index (χ1v) is 7.33. The van der Waals surface area contributed by atoms with Gasteiger partial charge in [0.25, 0.3) is 0 Å². The largest absolute Gasteiger partial charge is 0.490 e. The van der Waals surface area contributed by atoms with E-state index in [4.69, 9.17) is 14.6 Å². The van der Waals surface area contributed by atoms with E-state index in [-0.39, 0.29) is 0 Å². The fourth-order valence-electron chi connectivity index (χ4n) is 2.83. The minimum atomic E-state index is -5.08. The summed E-state index contributed by atoms with van der Waals surface area (Å²) in [6, 6.07) is 1.29. The van der Waals surface area contributed by atoms with Gasteiger partial charge in [-0.25, -0.2) is 9.78 Å². The zero-order chi connectivity index (χ0) is 16.9. The Labute approximate surface area is 131 Å². The van der Waals surface area contributed by atoms with Crippen LogP contribution in [0.5, 0.6) is 5.88 Å². The maximum Gasteiger partial charge on any atom is 0.490 e. The highest BCUT2D eigenvalue weighted by atomic mass is 19.4. The number of halogens is 3. The highest BCUT2D eigenvalue weighted by molar-refractivity contribution is 5.73. The number of hydrogen-bond acceptors (Lipinski definition) is 5. The van der Waals surface area contributed by atoms with Crippen LogP contribution >= 0.6 is 0 Å². The van der Waals surface area contributed by atoms with Gasteiger partial charge in [-0.2, -0.15) is 13.2 Å². The summed E-state index contributed by atoms with van der Waals surface area (Å²) in [6.07, 6.45) is 6.42. The molecular formula is C14H18F3N3O3. The average Bonchev–Trinajstić information content (AvgIpc) is 2.47. The summed E-state index contributed by atoms with van der Waals surface area (Å²) in [5.74, 6) is -2.10. The molecule has 2 aliphatic heterocycles. The van der Waals surface area contributed by atoms with Crippen LogP contribution in [0, 0.1) is 0 Å². The minimum Gasteiger partial charge on any atom is -0.475 e. The van der Waals surface area contributed by atoms with Crippen molar-refractivity contribution in [2.75, 3.05) is 0 Å². The number of carboxylic acid groups (broad SMARTS) is 1. The molecule has 2 saturated heterocycles. The van der Waals surface area contributed by atoms with Crippen LogP contribution in [0.25, 0.3) is 0 Å². The van der Waals surface area contributed by atoms with Gasteiger partial charge in [-0.3, -0.25) is 4.98 Å². The first kappa shape index (κ1) is 17.5. The van der Waals surface area contributed by atoms with Crippen molar-refractivity contribution in [1.82, 2.24) is 15.3 Å². The summed E-state index contributed by atoms with van der Waals surface area (Å²) < 4.78 is 37.6. The van der Waals surface area contributed by atoms with E-state index in [0.29, 0.717) is 24.1 Å². The summed E-state index contributed by atoms with van der Waals surface area (Å²) in [6.45, 7) is 0. The molecule has 2 N–H and O–H groups in total. The number of aliphatic carboxylic acids is 1. The first-order valence-electron chi connectivity index (χ1n) is 7.33. The first-order chi connectivity index (χ1) is 10.8. The van der Waals surface area contributed by atoms with Crippen LogP contribution in [0.1, 0.15) is 32.1 Å². The Bertz CT molecular complexity index is 501. The van der Waals surface area contributed by atoms with Crippen molar-refractivity contribution >= 4 is 5.97 Å². The van der Waals surface area contributed by atoms with Gasteiger partial charge in [0.2, 0.25) is 5.88 Å². The number of nitrogens with one attached hydrogen (secondary N) is 1. The van der Waals surface area contributed by atoms with E-state index in [9.17, 15) is 13.2 Å². The number of ether oxygens (including phenoxy) is 1. The summed E-state index contributed by atoms with van der Waals surface area (Å²) >= 11 is 0. The van der Waals surface area contributed by atoms with Gasteiger partial charge in [0, 0.05) is 24.5 Å². The number of piperidine rings is 2. The Morgan fingerprint density at radius 2 is 1.87 bits per heavy atom. The normalized spacial score (nSPS) is 26.7. The van der Waals surface area contributed by atoms with Gasteiger partial charge < -0.3 is 15.2 Å². The van der Waals surface area contributed by atoms with Crippen molar-refractivity contribution in [2.45, 2.75) is 56.5 Å². The number of nitrogens with zero attached hydrogens (tertiary/aromatic N) is 2. The minimum absolute atomic E-state index is 0.313. The van der Waals surface area contributed by atoms with Crippen molar-refractivity contribution in [3.05, 3.63) is 18.6 Å². The fraction of sp³-hybridized carbons (Fsp3) is 0.643. The third-order valence-electron chi connectivity index (χ3n) is 3.74. The molecule has 0 spiro atoms. The van der Waals surface area contributed by atoms with Gasteiger partial charge in [-0.05, 0) is 25.7 Å². The molecule has 1 aromatic heterocycles. The topological polar surface area (TPSA) is 84.3 Å². The van der Waals surface area contributed by atoms with Crippen LogP contribution in [0.2, 0.25) is 0 Å². The molecule has 9 heteroatoms. The summed E-state index contributed by atoms with van der Waals surface area (Å²) in [5.41, 5.74) is 0. The lowest BCUT2D eigenvalue weighted by Gasteiger charge is -2.39. The summed E-state index contributed by atoms with van der Waals surface area (Å²) in [7, 11) is 0. The SMILES string of the molecule is O=C(O)C(F)(F)F.c1cnc(OC2C[C@H]3CCC[C@@H](C2)N3)cn1. The van der Waals surface area contributed by atoms with Crippen LogP contribution in [0.3, 0.4) is 0 Å². The highest BCUT2D eigenvalue weighted by Crippen LogP contribution is 2.27. The number of fused-ring (bicyclic) bond motifs is 2. The lowest BCUT2D eigenvalue weighted by molar-refractivity contribution is -0.192. The number of carbonyl (C=O) groups is 1. The van der Waals surface area contributed by atoms with Gasteiger partial charge in [-0.15, -0.1) is 0 Å². The van der Waals surface area contributed by atoms with Gasteiger partial charge >= 0.3 is 12.1 Å². The molecule has 0 amide bonds. The molecule has 0 aromatic carbocycles. The van der Waals surface area contributed by atoms with Crippen molar-refractivity contribution in [1.29, 1.82) is 0 Å². The quantitative estimate of drug-likeness (QED) is 0.863. The predicted octanol–water partition coefficient (Wildman–Crippen LogP) is 2.16. The van der Waals surface area contributed by atoms with Crippen LogP contribution in [0.4, 0.5) is 13.2 Å². The monoisotopic (exact) mass is 333 g/mol. The maximum absolute atomic E-state index is 10.6. The third kappa shape index (κ3) is 5.66. The molecule has 0 saturated carbocycles. The van der Waals surface area contributed by atoms with Crippen molar-refractivity contribution < 1.29 is 27.8 Å². The Balaban J connectivity index is 0.000000236. The molecule has 1 unspecified atom stereocenters. The van der Waals surface area contributed by atoms with Gasteiger partial charge in [0.1, 0.15) is 6.10 Å². The highest BCUT2D eigenvalue weighted by Gasteiger charge is 2.38. The molecule has 128 valence electrons. The summed E-state index contributed by atoms with van der Waals surface area (Å²) in [4.78, 5) is 17.1. The van der Waals surface area contributed by atoms with Crippen molar-refractivity contribution in [3.63, 3.8) is 0 Å². The Morgan fingerprint density at radius 3 is 2.35 bits per heavy atom. The van der Waals surface area contributed by atoms with E-state index < -0.39 is 12.1 Å². The molecule has 0 radical (unpaired) electrons. The zero-order valence-corrected chi connectivity index (χ0v) is 12.3. The molecule has 0 aliphatic carbocycles. The molecule has 3 heterocycles. The molecular weight excluding hydrogens is 315 g/mol. The van der Waals surface area contributed by atoms with E-state index in [0.717, 1.165) is 12.8 Å². The number of aromatic nitrogens is 2. The van der Waals surface area contributed by atoms with E-state index in [1.165, 1.54) is 19.3 Å². The molecule has 3 rings (SSSR count). The summed E-state index contributed by atoms with van der Waals surface area (Å²) in [5, 5.41) is 10.8. The molecule has 2 fully saturated rings. The Morgan fingerprint density at radius 1 is 1.26 bits per heavy atom. The lowest BCUT2D eigenvalue weighted by atomic mass is 9.85. The maximum atomic E-state index is 10.6. The van der Waals surface area contributed by atoms with E-state index in [1.54, 1.807) is 18.6 Å². The number of alkyl halides is 3. The van der Waals surface area contributed by atoms with Crippen molar-refractivity contribution in [2.24, 2.45) is 0 Å². The second-order valence-electron chi connectivity index (χ2n) is 5.55. The van der Waals surface area contributed by atoms with Gasteiger partial charge in [0.15, 0.2) is 0 Å². The number of carboxylic acids is 1. The smallest absolute Gasteiger partial charge is 0.475 e. The third-order valence-corrected chi connectivity index (χ3v) is 3.74. The zero-order valence-electron chi connectivity index (χ0n) is 12.3. The average molecular weight is 333 g/mol. The Kier molecular flexibility index (Phi) is 5.75. The van der Waals surface area contributed by atoms with Crippen LogP contribution in [-0.4, -0.2) is 45.4 Å². The second kappa shape index (κ2) is 7.58. The van der Waals surface area contributed by atoms with Gasteiger partial charge in [-0.1, -0.05) is 6.42 Å². The molecule has 23 heavy (non-hydrogen) atoms. The van der Waals surface area contributed by atoms with Crippen LogP contribution in [0.15, 0.2) is 18.6 Å². The van der Waals surface area contributed by atoms with E-state index in [1.807, 2.05) is 0 Å². The van der Waals surface area contributed by atoms with Gasteiger partial charge in [0.05, 0.1) is 6.20 Å². The molecule has 2 bridgehead atoms. The van der Waals surface area contributed by atoms with Crippen LogP contribution in [-0.2, 0) is 4.79 Å². The Hall–Kier alpha value is -1.90. The van der Waals surface area contributed by atoms with Crippen LogP contribution < -0.4 is 10.1 Å². The molecule has 2 aliphatic rings. The van der Waals surface area contributed by atoms with E-state index >= 15 is 0 Å². The lowest BCUT2D eigenvalue weighted by Crippen LogP contribution is -2.51. The standard InChI is InChI=1S/C12H17N3O.C2HF3O2/c1-2-9-6-11(7-10(3-1)15-9)16-12-8-13-4-5-14-12;3-2(4,5)1(6)7/h4-5,8-11,15H,1-3,6-7H2;(H,6,7)/t9-,10+,11?;. The fourth-order valence-corrected chi connectivity index (χ4v) is 2.83. The predicted molar refractivity (Wildman–Crippen MR) is 73.9 cm³/mol. The molecule has 3 atom stereocenters. The molecule has 6 nitrogen and oxygen atoms in total. The number of hydrogen-bond donors (Lipinski definition) is 2. The number of rotatable bonds is 2. The molecule has 1 aromatic rings. The van der Waals surface area contributed by atoms with Crippen molar-refractivity contribution in [3.8, 4) is 5.88 Å². The second-order valence-corrected chi connectivity index (χ2v) is 5.55.